The summed E-state index contributed by atoms with van der Waals surface area (Å²) in [5.74, 6) is 0.723. The highest BCUT2D eigenvalue weighted by molar-refractivity contribution is 5.31. The van der Waals surface area contributed by atoms with Crippen molar-refractivity contribution in [3.05, 3.63) is 52.9 Å². The van der Waals surface area contributed by atoms with Gasteiger partial charge in [0.2, 0.25) is 0 Å². The summed E-state index contributed by atoms with van der Waals surface area (Å²) in [7, 11) is 1.48. The Kier molecular flexibility index (Phi) is 5.06. The molecule has 1 aliphatic rings. The molecule has 1 aliphatic heterocycles. The van der Waals surface area contributed by atoms with Crippen molar-refractivity contribution in [1.29, 1.82) is 0 Å². The second kappa shape index (κ2) is 7.23. The molecule has 5 nitrogen and oxygen atoms in total. The second-order valence-electron chi connectivity index (χ2n) is 6.01. The molecule has 1 saturated heterocycles. The zero-order valence-electron chi connectivity index (χ0n) is 14.3. The average molecular weight is 331 g/mol. The zero-order chi connectivity index (χ0) is 17.1. The molecule has 128 valence electrons. The maximum Gasteiger partial charge on any atom is 0.169 e. The molecule has 1 aromatic carbocycles. The Balaban J connectivity index is 1.74. The second-order valence-corrected chi connectivity index (χ2v) is 6.01. The van der Waals surface area contributed by atoms with E-state index in [9.17, 15) is 4.39 Å². The fourth-order valence-corrected chi connectivity index (χ4v) is 3.01. The van der Waals surface area contributed by atoms with Crippen LogP contribution >= 0.6 is 0 Å². The number of aromatic nitrogens is 2. The monoisotopic (exact) mass is 331 g/mol. The summed E-state index contributed by atoms with van der Waals surface area (Å²) in [6.07, 6.45) is -0.118. The molecule has 0 radical (unpaired) electrons. The topological polar surface area (TPSA) is 47.5 Å². The third-order valence-electron chi connectivity index (χ3n) is 4.12. The standard InChI is InChI=1S/C18H22FN3O2/c1-12-9-15(21-13(2)20-12)17-11-22(7-8-24-17)10-14-5-4-6-16(23-3)18(14)19/h4-6,9,17H,7-8,10-11H2,1-3H3/t17-/m1/s1. The van der Waals surface area contributed by atoms with E-state index in [1.165, 1.54) is 7.11 Å². The van der Waals surface area contributed by atoms with Crippen molar-refractivity contribution in [2.45, 2.75) is 26.5 Å². The molecule has 3 rings (SSSR count). The van der Waals surface area contributed by atoms with E-state index in [0.717, 1.165) is 23.8 Å². The number of halogens is 1. The van der Waals surface area contributed by atoms with E-state index in [4.69, 9.17) is 9.47 Å². The summed E-state index contributed by atoms with van der Waals surface area (Å²) in [5.41, 5.74) is 2.44. The fourth-order valence-electron chi connectivity index (χ4n) is 3.01. The highest BCUT2D eigenvalue weighted by atomic mass is 19.1. The molecule has 0 amide bonds. The van der Waals surface area contributed by atoms with Crippen molar-refractivity contribution in [3.63, 3.8) is 0 Å². The van der Waals surface area contributed by atoms with Gasteiger partial charge in [0.25, 0.3) is 0 Å². The van der Waals surface area contributed by atoms with Crippen LogP contribution in [0.4, 0.5) is 4.39 Å². The first-order valence-electron chi connectivity index (χ1n) is 8.04. The van der Waals surface area contributed by atoms with Crippen LogP contribution in [0.1, 0.15) is 28.9 Å². The number of hydrogen-bond donors (Lipinski definition) is 0. The third kappa shape index (κ3) is 3.71. The zero-order valence-corrected chi connectivity index (χ0v) is 14.3. The largest absolute Gasteiger partial charge is 0.494 e. The van der Waals surface area contributed by atoms with Crippen LogP contribution in [0.5, 0.6) is 5.75 Å². The van der Waals surface area contributed by atoms with E-state index in [1.807, 2.05) is 26.0 Å². The summed E-state index contributed by atoms with van der Waals surface area (Å²) in [4.78, 5) is 11.0. The average Bonchev–Trinajstić information content (AvgIpc) is 2.56. The highest BCUT2D eigenvalue weighted by Crippen LogP contribution is 2.25. The summed E-state index contributed by atoms with van der Waals surface area (Å²) in [5, 5.41) is 0. The molecule has 0 N–H and O–H groups in total. The van der Waals surface area contributed by atoms with E-state index in [-0.39, 0.29) is 17.7 Å². The van der Waals surface area contributed by atoms with E-state index in [2.05, 4.69) is 14.9 Å². The summed E-state index contributed by atoms with van der Waals surface area (Å²) in [6.45, 7) is 6.38. The van der Waals surface area contributed by atoms with Gasteiger partial charge in [-0.1, -0.05) is 12.1 Å². The molecule has 0 aliphatic carbocycles. The molecular formula is C18H22FN3O2. The Morgan fingerprint density at radius 2 is 2.17 bits per heavy atom. The SMILES string of the molecule is COc1cccc(CN2CCO[C@@H](c3cc(C)nc(C)n3)C2)c1F. The lowest BCUT2D eigenvalue weighted by Crippen LogP contribution is -2.38. The normalized spacial score (nSPS) is 18.6. The highest BCUT2D eigenvalue weighted by Gasteiger charge is 2.24. The molecule has 6 heteroatoms. The van der Waals surface area contributed by atoms with Crippen molar-refractivity contribution in [2.24, 2.45) is 0 Å². The van der Waals surface area contributed by atoms with Crippen LogP contribution in [-0.4, -0.2) is 41.7 Å². The van der Waals surface area contributed by atoms with Gasteiger partial charge in [0.1, 0.15) is 11.9 Å². The van der Waals surface area contributed by atoms with Gasteiger partial charge in [0.05, 0.1) is 19.4 Å². The molecule has 0 bridgehead atoms. The molecule has 1 fully saturated rings. The minimum Gasteiger partial charge on any atom is -0.494 e. The van der Waals surface area contributed by atoms with E-state index < -0.39 is 0 Å². The summed E-state index contributed by atoms with van der Waals surface area (Å²) >= 11 is 0. The minimum absolute atomic E-state index is 0.118. The third-order valence-corrected chi connectivity index (χ3v) is 4.12. The van der Waals surface area contributed by atoms with Gasteiger partial charge < -0.3 is 9.47 Å². The molecule has 1 aromatic heterocycles. The predicted molar refractivity (Wildman–Crippen MR) is 88.4 cm³/mol. The quantitative estimate of drug-likeness (QED) is 0.862. The molecule has 2 aromatic rings. The van der Waals surface area contributed by atoms with Gasteiger partial charge in [-0.2, -0.15) is 0 Å². The van der Waals surface area contributed by atoms with Gasteiger partial charge in [-0.05, 0) is 26.0 Å². The number of hydrogen-bond acceptors (Lipinski definition) is 5. The lowest BCUT2D eigenvalue weighted by molar-refractivity contribution is -0.0354. The van der Waals surface area contributed by atoms with Gasteiger partial charge in [0.15, 0.2) is 11.6 Å². The van der Waals surface area contributed by atoms with Crippen LogP contribution in [0.25, 0.3) is 0 Å². The number of ether oxygens (including phenoxy) is 2. The Hall–Kier alpha value is -2.05. The number of aryl methyl sites for hydroxylation is 2. The minimum atomic E-state index is -0.295. The number of morpholine rings is 1. The van der Waals surface area contributed by atoms with Crippen molar-refractivity contribution < 1.29 is 13.9 Å². The van der Waals surface area contributed by atoms with Crippen molar-refractivity contribution >= 4 is 0 Å². The number of rotatable bonds is 4. The van der Waals surface area contributed by atoms with Crippen molar-refractivity contribution in [3.8, 4) is 5.75 Å². The van der Waals surface area contributed by atoms with E-state index in [0.29, 0.717) is 25.3 Å². The first-order chi connectivity index (χ1) is 11.6. The van der Waals surface area contributed by atoms with Gasteiger partial charge in [-0.3, -0.25) is 4.90 Å². The van der Waals surface area contributed by atoms with Gasteiger partial charge in [0, 0.05) is 30.9 Å². The molecule has 2 heterocycles. The molecule has 24 heavy (non-hydrogen) atoms. The van der Waals surface area contributed by atoms with Crippen LogP contribution in [0.3, 0.4) is 0 Å². The molecule has 1 atom stereocenters. The Labute approximate surface area is 141 Å². The van der Waals surface area contributed by atoms with Crippen molar-refractivity contribution in [1.82, 2.24) is 14.9 Å². The van der Waals surface area contributed by atoms with E-state index in [1.54, 1.807) is 12.1 Å². The van der Waals surface area contributed by atoms with Crippen LogP contribution in [0.2, 0.25) is 0 Å². The fraction of sp³-hybridized carbons (Fsp3) is 0.444. The maximum atomic E-state index is 14.4. The Morgan fingerprint density at radius 1 is 1.33 bits per heavy atom. The lowest BCUT2D eigenvalue weighted by Gasteiger charge is -2.32. The summed E-state index contributed by atoms with van der Waals surface area (Å²) in [6, 6.07) is 7.19. The molecular weight excluding hydrogens is 309 g/mol. The number of nitrogens with zero attached hydrogens (tertiary/aromatic N) is 3. The maximum absolute atomic E-state index is 14.4. The van der Waals surface area contributed by atoms with Gasteiger partial charge in [-0.25, -0.2) is 14.4 Å². The van der Waals surface area contributed by atoms with Crippen LogP contribution in [0, 0.1) is 19.7 Å². The Bertz CT molecular complexity index is 703. The van der Waals surface area contributed by atoms with Crippen LogP contribution in [-0.2, 0) is 11.3 Å². The van der Waals surface area contributed by atoms with Gasteiger partial charge >= 0.3 is 0 Å². The van der Waals surface area contributed by atoms with Crippen LogP contribution in [0.15, 0.2) is 24.3 Å². The lowest BCUT2D eigenvalue weighted by atomic mass is 10.1. The first kappa shape index (κ1) is 16.8. The first-order valence-corrected chi connectivity index (χ1v) is 8.04. The molecule has 0 unspecified atom stereocenters. The van der Waals surface area contributed by atoms with Crippen LogP contribution < -0.4 is 4.74 Å². The molecule has 0 saturated carbocycles. The Morgan fingerprint density at radius 3 is 2.92 bits per heavy atom. The summed E-state index contributed by atoms with van der Waals surface area (Å²) < 4.78 is 25.3. The van der Waals surface area contributed by atoms with Gasteiger partial charge in [-0.15, -0.1) is 0 Å². The number of benzene rings is 1. The smallest absolute Gasteiger partial charge is 0.169 e. The molecule has 0 spiro atoms. The van der Waals surface area contributed by atoms with E-state index >= 15 is 0 Å². The predicted octanol–water partition coefficient (Wildman–Crippen LogP) is 2.81. The number of methoxy groups -OCH3 is 1. The van der Waals surface area contributed by atoms with Crippen molar-refractivity contribution in [2.75, 3.05) is 26.8 Å².